The van der Waals surface area contributed by atoms with Crippen molar-refractivity contribution in [3.05, 3.63) is 40.0 Å². The van der Waals surface area contributed by atoms with Crippen LogP contribution in [0.2, 0.25) is 0 Å². The molecule has 0 aliphatic carbocycles. The van der Waals surface area contributed by atoms with Crippen molar-refractivity contribution in [2.24, 2.45) is 0 Å². The van der Waals surface area contributed by atoms with Gasteiger partial charge in [-0.1, -0.05) is 15.9 Å². The molecule has 0 radical (unpaired) electrons. The molecule has 1 heterocycles. The van der Waals surface area contributed by atoms with E-state index in [0.29, 0.717) is 12.4 Å². The molecule has 0 saturated carbocycles. The van der Waals surface area contributed by atoms with Crippen molar-refractivity contribution in [1.82, 2.24) is 9.78 Å². The SMILES string of the molecule is COc1ccc(Br)c(Cn2nc(N)cc2C)c1. The fourth-order valence-electron chi connectivity index (χ4n) is 1.66. The molecule has 90 valence electrons. The third kappa shape index (κ3) is 2.61. The number of methoxy groups -OCH3 is 1. The van der Waals surface area contributed by atoms with E-state index in [1.807, 2.05) is 35.9 Å². The van der Waals surface area contributed by atoms with Crippen LogP contribution in [0, 0.1) is 6.92 Å². The first kappa shape index (κ1) is 12.0. The fourth-order valence-corrected chi connectivity index (χ4v) is 2.03. The van der Waals surface area contributed by atoms with Crippen molar-refractivity contribution < 1.29 is 4.74 Å². The molecule has 0 saturated heterocycles. The summed E-state index contributed by atoms with van der Waals surface area (Å²) in [5.74, 6) is 1.38. The molecule has 1 aromatic heterocycles. The maximum Gasteiger partial charge on any atom is 0.145 e. The number of ether oxygens (including phenoxy) is 1. The van der Waals surface area contributed by atoms with Crippen LogP contribution < -0.4 is 10.5 Å². The van der Waals surface area contributed by atoms with E-state index in [-0.39, 0.29) is 0 Å². The van der Waals surface area contributed by atoms with Gasteiger partial charge < -0.3 is 10.5 Å². The minimum absolute atomic E-state index is 0.543. The Balaban J connectivity index is 2.32. The number of hydrogen-bond donors (Lipinski definition) is 1. The Hall–Kier alpha value is -1.49. The second-order valence-corrected chi connectivity index (χ2v) is 4.68. The number of nitrogens with zero attached hydrogens (tertiary/aromatic N) is 2. The number of halogens is 1. The molecule has 0 atom stereocenters. The van der Waals surface area contributed by atoms with Gasteiger partial charge >= 0.3 is 0 Å². The number of anilines is 1. The topological polar surface area (TPSA) is 53.1 Å². The van der Waals surface area contributed by atoms with Gasteiger partial charge in [0.1, 0.15) is 11.6 Å². The summed E-state index contributed by atoms with van der Waals surface area (Å²) < 4.78 is 8.11. The van der Waals surface area contributed by atoms with E-state index in [1.165, 1.54) is 0 Å². The lowest BCUT2D eigenvalue weighted by atomic mass is 10.2. The highest BCUT2D eigenvalue weighted by Gasteiger charge is 2.06. The van der Waals surface area contributed by atoms with Crippen LogP contribution in [0.5, 0.6) is 5.75 Å². The van der Waals surface area contributed by atoms with Gasteiger partial charge in [-0.2, -0.15) is 5.10 Å². The maximum atomic E-state index is 5.66. The Morgan fingerprint density at radius 3 is 2.76 bits per heavy atom. The molecule has 4 nitrogen and oxygen atoms in total. The Morgan fingerprint density at radius 2 is 2.18 bits per heavy atom. The summed E-state index contributed by atoms with van der Waals surface area (Å²) in [7, 11) is 1.66. The number of nitrogen functional groups attached to an aromatic ring is 1. The molecule has 0 amide bonds. The molecule has 0 bridgehead atoms. The Kier molecular flexibility index (Phi) is 3.38. The highest BCUT2D eigenvalue weighted by Crippen LogP contribution is 2.23. The van der Waals surface area contributed by atoms with E-state index in [4.69, 9.17) is 10.5 Å². The zero-order valence-electron chi connectivity index (χ0n) is 9.77. The van der Waals surface area contributed by atoms with Gasteiger partial charge in [-0.05, 0) is 30.7 Å². The summed E-state index contributed by atoms with van der Waals surface area (Å²) in [5, 5.41) is 4.23. The van der Waals surface area contributed by atoms with Crippen LogP contribution in [-0.2, 0) is 6.54 Å². The average molecular weight is 296 g/mol. The van der Waals surface area contributed by atoms with Crippen molar-refractivity contribution in [2.75, 3.05) is 12.8 Å². The highest BCUT2D eigenvalue weighted by atomic mass is 79.9. The van der Waals surface area contributed by atoms with Crippen molar-refractivity contribution in [2.45, 2.75) is 13.5 Å². The van der Waals surface area contributed by atoms with Gasteiger partial charge in [0.25, 0.3) is 0 Å². The van der Waals surface area contributed by atoms with Crippen LogP contribution in [0.15, 0.2) is 28.7 Å². The first-order valence-electron chi connectivity index (χ1n) is 5.22. The molecule has 2 rings (SSSR count). The Morgan fingerprint density at radius 1 is 1.41 bits per heavy atom. The van der Waals surface area contributed by atoms with E-state index in [1.54, 1.807) is 7.11 Å². The van der Waals surface area contributed by atoms with Gasteiger partial charge in [0, 0.05) is 16.2 Å². The number of benzene rings is 1. The molecule has 17 heavy (non-hydrogen) atoms. The van der Waals surface area contributed by atoms with Crippen molar-refractivity contribution >= 4 is 21.7 Å². The lowest BCUT2D eigenvalue weighted by molar-refractivity contribution is 0.414. The van der Waals surface area contributed by atoms with Crippen molar-refractivity contribution in [3.63, 3.8) is 0 Å². The van der Waals surface area contributed by atoms with Gasteiger partial charge in [-0.25, -0.2) is 0 Å². The lowest BCUT2D eigenvalue weighted by Crippen LogP contribution is -2.05. The number of aromatic nitrogens is 2. The minimum atomic E-state index is 0.543. The molecular weight excluding hydrogens is 282 g/mol. The number of nitrogens with two attached hydrogens (primary N) is 1. The van der Waals surface area contributed by atoms with Gasteiger partial charge in [-0.3, -0.25) is 4.68 Å². The van der Waals surface area contributed by atoms with Crippen molar-refractivity contribution in [1.29, 1.82) is 0 Å². The standard InChI is InChI=1S/C12H14BrN3O/c1-8-5-12(14)15-16(8)7-9-6-10(17-2)3-4-11(9)13/h3-6H,7H2,1-2H3,(H2,14,15). The third-order valence-corrected chi connectivity index (χ3v) is 3.35. The van der Waals surface area contributed by atoms with Crippen LogP contribution in [0.25, 0.3) is 0 Å². The maximum absolute atomic E-state index is 5.66. The second kappa shape index (κ2) is 4.79. The molecule has 0 unspecified atom stereocenters. The van der Waals surface area contributed by atoms with E-state index in [0.717, 1.165) is 21.5 Å². The van der Waals surface area contributed by atoms with Crippen LogP contribution in [-0.4, -0.2) is 16.9 Å². The molecular formula is C12H14BrN3O. The third-order valence-electron chi connectivity index (χ3n) is 2.57. The molecule has 0 spiro atoms. The van der Waals surface area contributed by atoms with Crippen LogP contribution >= 0.6 is 15.9 Å². The number of aryl methyl sites for hydroxylation is 1. The molecule has 5 heteroatoms. The summed E-state index contributed by atoms with van der Waals surface area (Å²) in [6, 6.07) is 7.73. The van der Waals surface area contributed by atoms with Crippen molar-refractivity contribution in [3.8, 4) is 5.75 Å². The molecule has 0 aliphatic rings. The van der Waals surface area contributed by atoms with Gasteiger partial charge in [-0.15, -0.1) is 0 Å². The summed E-state index contributed by atoms with van der Waals surface area (Å²) in [5.41, 5.74) is 7.80. The predicted octanol–water partition coefficient (Wildman–Crippen LogP) is 2.59. The van der Waals surface area contributed by atoms with Crippen LogP contribution in [0.4, 0.5) is 5.82 Å². The zero-order chi connectivity index (χ0) is 12.4. The molecule has 0 aliphatic heterocycles. The normalized spacial score (nSPS) is 10.5. The Bertz CT molecular complexity index is 537. The number of hydrogen-bond acceptors (Lipinski definition) is 3. The largest absolute Gasteiger partial charge is 0.497 e. The summed E-state index contributed by atoms with van der Waals surface area (Å²) >= 11 is 3.52. The van der Waals surface area contributed by atoms with Crippen LogP contribution in [0.3, 0.4) is 0 Å². The quantitative estimate of drug-likeness (QED) is 0.947. The average Bonchev–Trinajstić information content (AvgIpc) is 2.60. The zero-order valence-corrected chi connectivity index (χ0v) is 11.4. The molecule has 2 N–H and O–H groups in total. The van der Waals surface area contributed by atoms with Gasteiger partial charge in [0.15, 0.2) is 0 Å². The summed E-state index contributed by atoms with van der Waals surface area (Å²) in [6.45, 7) is 2.65. The summed E-state index contributed by atoms with van der Waals surface area (Å²) in [4.78, 5) is 0. The Labute approximate surface area is 109 Å². The monoisotopic (exact) mass is 295 g/mol. The number of rotatable bonds is 3. The smallest absolute Gasteiger partial charge is 0.145 e. The molecule has 1 aromatic carbocycles. The second-order valence-electron chi connectivity index (χ2n) is 3.83. The highest BCUT2D eigenvalue weighted by molar-refractivity contribution is 9.10. The molecule has 0 fully saturated rings. The summed E-state index contributed by atoms with van der Waals surface area (Å²) in [6.07, 6.45) is 0. The van der Waals surface area contributed by atoms with E-state index in [2.05, 4.69) is 21.0 Å². The lowest BCUT2D eigenvalue weighted by Gasteiger charge is -2.08. The van der Waals surface area contributed by atoms with E-state index in [9.17, 15) is 0 Å². The first-order valence-corrected chi connectivity index (χ1v) is 6.02. The van der Waals surface area contributed by atoms with E-state index >= 15 is 0 Å². The van der Waals surface area contributed by atoms with Gasteiger partial charge in [0.2, 0.25) is 0 Å². The van der Waals surface area contributed by atoms with Gasteiger partial charge in [0.05, 0.1) is 13.7 Å². The minimum Gasteiger partial charge on any atom is -0.497 e. The van der Waals surface area contributed by atoms with E-state index < -0.39 is 0 Å². The molecule has 2 aromatic rings. The first-order chi connectivity index (χ1) is 8.10. The van der Waals surface area contributed by atoms with Crippen LogP contribution in [0.1, 0.15) is 11.3 Å². The predicted molar refractivity (Wildman–Crippen MR) is 71.2 cm³/mol. The fraction of sp³-hybridized carbons (Fsp3) is 0.250.